The number of hydrogen-bond acceptors (Lipinski definition) is 4. The van der Waals surface area contributed by atoms with Crippen molar-refractivity contribution in [3.05, 3.63) is 0 Å². The molecule has 0 aliphatic carbocycles. The fraction of sp³-hybridized carbons (Fsp3) is 1.00. The van der Waals surface area contributed by atoms with Gasteiger partial charge in [0.1, 0.15) is 0 Å². The number of rotatable bonds is 6. The smallest absolute Gasteiger partial charge is 0.0958 e. The van der Waals surface area contributed by atoms with Crippen LogP contribution in [-0.2, 0) is 10.1 Å². The van der Waals surface area contributed by atoms with Crippen LogP contribution in [0.5, 0.6) is 0 Å². The van der Waals surface area contributed by atoms with Crippen molar-refractivity contribution >= 4 is 10.1 Å². The van der Waals surface area contributed by atoms with E-state index in [1.165, 1.54) is 0 Å². The largest absolute Gasteiger partial charge is 0.748 e. The summed E-state index contributed by atoms with van der Waals surface area (Å²) in [6.45, 7) is 5.21. The molecule has 0 heterocycles. The van der Waals surface area contributed by atoms with E-state index in [0.717, 1.165) is 13.0 Å². The van der Waals surface area contributed by atoms with Crippen LogP contribution >= 0.6 is 0 Å². The maximum atomic E-state index is 10.1. The van der Waals surface area contributed by atoms with E-state index in [2.05, 4.69) is 19.2 Å². The zero-order valence-corrected chi connectivity index (χ0v) is 8.36. The first kappa shape index (κ1) is 11.9. The van der Waals surface area contributed by atoms with Crippen molar-refractivity contribution in [1.82, 2.24) is 5.32 Å². The molecular formula is C7H16NO3S-. The highest BCUT2D eigenvalue weighted by molar-refractivity contribution is 7.85. The molecule has 0 aliphatic heterocycles. The van der Waals surface area contributed by atoms with Crippen molar-refractivity contribution in [3.8, 4) is 0 Å². The number of nitrogens with one attached hydrogen (secondary N) is 1. The van der Waals surface area contributed by atoms with Crippen molar-refractivity contribution in [1.29, 1.82) is 0 Å². The van der Waals surface area contributed by atoms with E-state index in [4.69, 9.17) is 0 Å². The summed E-state index contributed by atoms with van der Waals surface area (Å²) >= 11 is 0. The molecule has 5 heteroatoms. The highest BCUT2D eigenvalue weighted by Gasteiger charge is 1.95. The third kappa shape index (κ3) is 9.87. The van der Waals surface area contributed by atoms with Gasteiger partial charge in [-0.15, -0.1) is 0 Å². The predicted molar refractivity (Wildman–Crippen MR) is 46.9 cm³/mol. The molecule has 0 aliphatic rings. The summed E-state index contributed by atoms with van der Waals surface area (Å²) in [6, 6.07) is 0. The lowest BCUT2D eigenvalue weighted by Gasteiger charge is -2.08. The predicted octanol–water partition coefficient (Wildman–Crippen LogP) is 0.167. The first-order chi connectivity index (χ1) is 5.42. The third-order valence-electron chi connectivity index (χ3n) is 1.43. The van der Waals surface area contributed by atoms with Gasteiger partial charge in [0.15, 0.2) is 0 Å². The second-order valence-corrected chi connectivity index (χ2v) is 4.72. The van der Waals surface area contributed by atoms with Gasteiger partial charge in [0, 0.05) is 6.54 Å². The molecular weight excluding hydrogens is 178 g/mol. The molecule has 0 amide bonds. The molecule has 0 unspecified atom stereocenters. The molecule has 0 aromatic carbocycles. The van der Waals surface area contributed by atoms with Gasteiger partial charge in [-0.1, -0.05) is 13.8 Å². The van der Waals surface area contributed by atoms with Crippen LogP contribution in [0.15, 0.2) is 0 Å². The average Bonchev–Trinajstić information content (AvgIpc) is 1.83. The zero-order valence-electron chi connectivity index (χ0n) is 7.54. The first-order valence-corrected chi connectivity index (χ1v) is 5.64. The molecule has 12 heavy (non-hydrogen) atoms. The molecule has 74 valence electrons. The summed E-state index contributed by atoms with van der Waals surface area (Å²) in [5.41, 5.74) is 0. The van der Waals surface area contributed by atoms with Crippen LogP contribution in [0.1, 0.15) is 20.3 Å². The molecule has 4 nitrogen and oxygen atoms in total. The van der Waals surface area contributed by atoms with Crippen LogP contribution < -0.4 is 5.32 Å². The van der Waals surface area contributed by atoms with Crippen LogP contribution in [0.4, 0.5) is 0 Å². The molecule has 1 N–H and O–H groups in total. The monoisotopic (exact) mass is 194 g/mol. The molecule has 0 rings (SSSR count). The Morgan fingerprint density at radius 2 is 1.92 bits per heavy atom. The lowest BCUT2D eigenvalue weighted by atomic mass is 10.1. The minimum absolute atomic E-state index is 0.262. The standard InChI is InChI=1S/C7H17NO3S/c1-7(2)3-4-8-5-6-12(9,10)11/h7-8H,3-6H2,1-2H3,(H,9,10,11)/p-1. The summed E-state index contributed by atoms with van der Waals surface area (Å²) in [7, 11) is -4.04. The Balaban J connectivity index is 3.23. The van der Waals surface area contributed by atoms with Crippen LogP contribution in [0.3, 0.4) is 0 Å². The molecule has 0 aromatic rings. The molecule has 0 spiro atoms. The van der Waals surface area contributed by atoms with Gasteiger partial charge in [-0.2, -0.15) is 0 Å². The highest BCUT2D eigenvalue weighted by atomic mass is 32.2. The van der Waals surface area contributed by atoms with E-state index in [-0.39, 0.29) is 12.3 Å². The second kappa shape index (κ2) is 5.50. The number of hydrogen-bond donors (Lipinski definition) is 1. The van der Waals surface area contributed by atoms with Crippen molar-refractivity contribution in [3.63, 3.8) is 0 Å². The summed E-state index contributed by atoms with van der Waals surface area (Å²) in [4.78, 5) is 0. The zero-order chi connectivity index (χ0) is 9.61. The van der Waals surface area contributed by atoms with Gasteiger partial charge < -0.3 is 9.87 Å². The Kier molecular flexibility index (Phi) is 5.44. The van der Waals surface area contributed by atoms with Gasteiger partial charge in [0.05, 0.1) is 15.9 Å². The van der Waals surface area contributed by atoms with Crippen molar-refractivity contribution < 1.29 is 13.0 Å². The van der Waals surface area contributed by atoms with E-state index in [0.29, 0.717) is 5.92 Å². The minimum atomic E-state index is -4.04. The highest BCUT2D eigenvalue weighted by Crippen LogP contribution is 1.95. The van der Waals surface area contributed by atoms with Crippen LogP contribution in [0.25, 0.3) is 0 Å². The summed E-state index contributed by atoms with van der Waals surface area (Å²) in [5, 5.41) is 2.89. The van der Waals surface area contributed by atoms with Gasteiger partial charge in [-0.25, -0.2) is 8.42 Å². The van der Waals surface area contributed by atoms with Crippen molar-refractivity contribution in [2.75, 3.05) is 18.8 Å². The topological polar surface area (TPSA) is 69.2 Å². The van der Waals surface area contributed by atoms with Gasteiger partial charge >= 0.3 is 0 Å². The summed E-state index contributed by atoms with van der Waals surface area (Å²) in [6.07, 6.45) is 0.999. The Bertz CT molecular complexity index is 199. The van der Waals surface area contributed by atoms with Crippen LogP contribution in [0, 0.1) is 5.92 Å². The SMILES string of the molecule is CC(C)CCNCCS(=O)(=O)[O-]. The van der Waals surface area contributed by atoms with E-state index in [9.17, 15) is 13.0 Å². The first-order valence-electron chi connectivity index (χ1n) is 4.06. The molecule has 0 saturated carbocycles. The summed E-state index contributed by atoms with van der Waals surface area (Å²) < 4.78 is 30.4. The lowest BCUT2D eigenvalue weighted by Crippen LogP contribution is -2.24. The van der Waals surface area contributed by atoms with Crippen molar-refractivity contribution in [2.24, 2.45) is 5.92 Å². The third-order valence-corrected chi connectivity index (χ3v) is 2.13. The van der Waals surface area contributed by atoms with Crippen LogP contribution in [-0.4, -0.2) is 31.8 Å². The Hall–Kier alpha value is -0.130. The maximum Gasteiger partial charge on any atom is 0.0958 e. The molecule has 0 bridgehead atoms. The maximum absolute atomic E-state index is 10.1. The quantitative estimate of drug-likeness (QED) is 0.483. The Morgan fingerprint density at radius 3 is 2.33 bits per heavy atom. The normalized spacial score (nSPS) is 12.3. The van der Waals surface area contributed by atoms with Crippen LogP contribution in [0.2, 0.25) is 0 Å². The molecule has 0 saturated heterocycles. The fourth-order valence-corrected chi connectivity index (χ4v) is 1.11. The minimum Gasteiger partial charge on any atom is -0.748 e. The van der Waals surface area contributed by atoms with Gasteiger partial charge in [-0.3, -0.25) is 0 Å². The summed E-state index contributed by atoms with van der Waals surface area (Å²) in [5.74, 6) is 0.284. The average molecular weight is 194 g/mol. The molecule has 0 aromatic heterocycles. The van der Waals surface area contributed by atoms with Crippen molar-refractivity contribution in [2.45, 2.75) is 20.3 Å². The molecule has 0 fully saturated rings. The van der Waals surface area contributed by atoms with E-state index in [1.54, 1.807) is 0 Å². The van der Waals surface area contributed by atoms with E-state index >= 15 is 0 Å². The Labute approximate surface area is 74.1 Å². The van der Waals surface area contributed by atoms with E-state index in [1.807, 2.05) is 0 Å². The molecule has 0 radical (unpaired) electrons. The van der Waals surface area contributed by atoms with Gasteiger partial charge in [-0.05, 0) is 18.9 Å². The Morgan fingerprint density at radius 1 is 1.33 bits per heavy atom. The lowest BCUT2D eigenvalue weighted by molar-refractivity contribution is 0.459. The molecule has 0 atom stereocenters. The fourth-order valence-electron chi connectivity index (χ4n) is 0.713. The van der Waals surface area contributed by atoms with E-state index < -0.39 is 10.1 Å². The second-order valence-electron chi connectivity index (χ2n) is 3.19. The van der Waals surface area contributed by atoms with Gasteiger partial charge in [0.2, 0.25) is 0 Å². The van der Waals surface area contributed by atoms with Gasteiger partial charge in [0.25, 0.3) is 0 Å².